The van der Waals surface area contributed by atoms with E-state index in [0.717, 1.165) is 73.7 Å². The second kappa shape index (κ2) is 9.94. The smallest absolute Gasteiger partial charge is 0.251 e. The molecular weight excluding hydrogens is 438 g/mol. The molecule has 0 atom stereocenters. The van der Waals surface area contributed by atoms with E-state index in [1.165, 1.54) is 11.3 Å². The molecule has 0 bridgehead atoms. The number of carbonyl (C=O) groups excluding carboxylic acids is 2. The van der Waals surface area contributed by atoms with Crippen LogP contribution in [0.15, 0.2) is 36.4 Å². The van der Waals surface area contributed by atoms with Crippen molar-refractivity contribution in [2.45, 2.75) is 19.3 Å². The molecule has 3 aromatic rings. The summed E-state index contributed by atoms with van der Waals surface area (Å²) >= 11 is 1.37. The molecule has 2 amide bonds. The highest BCUT2D eigenvalue weighted by Gasteiger charge is 2.30. The van der Waals surface area contributed by atoms with Crippen LogP contribution in [0, 0.1) is 5.92 Å². The van der Waals surface area contributed by atoms with Crippen molar-refractivity contribution >= 4 is 38.6 Å². The molecule has 0 radical (unpaired) electrons. The summed E-state index contributed by atoms with van der Waals surface area (Å²) in [5.41, 5.74) is 3.01. The summed E-state index contributed by atoms with van der Waals surface area (Å²) in [5, 5.41) is 6.49. The molecule has 9 heteroatoms. The third-order valence-corrected chi connectivity index (χ3v) is 6.78. The Morgan fingerprint density at radius 3 is 2.79 bits per heavy atom. The van der Waals surface area contributed by atoms with Gasteiger partial charge < -0.3 is 15.4 Å². The Hall–Kier alpha value is -2.88. The lowest BCUT2D eigenvalue weighted by molar-refractivity contribution is -0.117. The number of nitrogens with zero attached hydrogens (tertiary/aromatic N) is 3. The molecule has 2 aromatic heterocycles. The third-order valence-electron chi connectivity index (χ3n) is 5.89. The van der Waals surface area contributed by atoms with Crippen molar-refractivity contribution in [2.24, 2.45) is 5.92 Å². The molecule has 2 N–H and O–H groups in total. The van der Waals surface area contributed by atoms with E-state index in [0.29, 0.717) is 17.2 Å². The Balaban J connectivity index is 1.21. The summed E-state index contributed by atoms with van der Waals surface area (Å²) in [7, 11) is 0. The number of rotatable bonds is 8. The quantitative estimate of drug-likeness (QED) is 0.496. The van der Waals surface area contributed by atoms with Crippen molar-refractivity contribution < 1.29 is 14.3 Å². The number of aromatic nitrogens is 2. The zero-order valence-corrected chi connectivity index (χ0v) is 19.2. The summed E-state index contributed by atoms with van der Waals surface area (Å²) in [4.78, 5) is 37.0. The number of hydrogen-bond donors (Lipinski definition) is 2. The number of morpholine rings is 1. The fourth-order valence-electron chi connectivity index (χ4n) is 3.84. The Morgan fingerprint density at radius 2 is 1.97 bits per heavy atom. The predicted molar refractivity (Wildman–Crippen MR) is 128 cm³/mol. The van der Waals surface area contributed by atoms with Crippen LogP contribution < -0.4 is 10.6 Å². The van der Waals surface area contributed by atoms with Gasteiger partial charge in [-0.1, -0.05) is 23.5 Å². The number of amides is 2. The molecule has 33 heavy (non-hydrogen) atoms. The lowest BCUT2D eigenvalue weighted by atomic mass is 10.1. The van der Waals surface area contributed by atoms with Crippen LogP contribution >= 0.6 is 11.3 Å². The van der Waals surface area contributed by atoms with Gasteiger partial charge in [0.25, 0.3) is 5.91 Å². The molecule has 5 rings (SSSR count). The van der Waals surface area contributed by atoms with Gasteiger partial charge in [0, 0.05) is 36.7 Å². The van der Waals surface area contributed by atoms with E-state index >= 15 is 0 Å². The van der Waals surface area contributed by atoms with Crippen molar-refractivity contribution in [3.8, 4) is 11.3 Å². The van der Waals surface area contributed by atoms with Crippen molar-refractivity contribution in [3.05, 3.63) is 42.0 Å². The number of nitrogens with one attached hydrogen (secondary N) is 2. The lowest BCUT2D eigenvalue weighted by Crippen LogP contribution is -2.38. The van der Waals surface area contributed by atoms with Gasteiger partial charge in [0.1, 0.15) is 10.3 Å². The van der Waals surface area contributed by atoms with Crippen LogP contribution in [0.1, 0.15) is 29.6 Å². The summed E-state index contributed by atoms with van der Waals surface area (Å²) in [5.74, 6) is 0.0921. The summed E-state index contributed by atoms with van der Waals surface area (Å²) < 4.78 is 5.36. The third kappa shape index (κ3) is 5.55. The molecule has 0 spiro atoms. The molecule has 1 saturated carbocycles. The first-order chi connectivity index (χ1) is 16.2. The number of ether oxygens (including phenoxy) is 1. The maximum Gasteiger partial charge on any atom is 0.251 e. The molecule has 2 aliphatic rings. The van der Waals surface area contributed by atoms with Gasteiger partial charge in [-0.05, 0) is 50.1 Å². The lowest BCUT2D eigenvalue weighted by Gasteiger charge is -2.26. The van der Waals surface area contributed by atoms with Gasteiger partial charge in [0.05, 0.1) is 18.9 Å². The fourth-order valence-corrected chi connectivity index (χ4v) is 4.68. The Morgan fingerprint density at radius 1 is 1.12 bits per heavy atom. The standard InChI is InChI=1S/C24H27N5O3S/c30-21(25-9-2-10-29-11-13-32-14-12-29)18-4-1-3-17(15-18)19-7-8-20-23(26-19)33-24(27-20)28-22(31)16-5-6-16/h1,3-4,7-8,15-16H,2,5-6,9-14H2,(H,25,30)(H,27,28,31). The number of anilines is 1. The molecule has 1 aliphatic heterocycles. The Bertz CT molecular complexity index is 1150. The topological polar surface area (TPSA) is 96.5 Å². The van der Waals surface area contributed by atoms with Crippen LogP contribution in [0.2, 0.25) is 0 Å². The van der Waals surface area contributed by atoms with Crippen molar-refractivity contribution in [2.75, 3.05) is 44.7 Å². The molecule has 1 aliphatic carbocycles. The maximum absolute atomic E-state index is 12.6. The van der Waals surface area contributed by atoms with Crippen molar-refractivity contribution in [3.63, 3.8) is 0 Å². The second-order valence-electron chi connectivity index (χ2n) is 8.45. The van der Waals surface area contributed by atoms with Gasteiger partial charge in [-0.3, -0.25) is 14.5 Å². The van der Waals surface area contributed by atoms with Gasteiger partial charge in [-0.25, -0.2) is 9.97 Å². The molecule has 0 unspecified atom stereocenters. The van der Waals surface area contributed by atoms with Crippen LogP contribution in [0.4, 0.5) is 5.13 Å². The first-order valence-electron chi connectivity index (χ1n) is 11.4. The van der Waals surface area contributed by atoms with Gasteiger partial charge in [0.15, 0.2) is 5.13 Å². The largest absolute Gasteiger partial charge is 0.379 e. The van der Waals surface area contributed by atoms with Crippen molar-refractivity contribution in [1.82, 2.24) is 20.2 Å². The monoisotopic (exact) mass is 465 g/mol. The Kier molecular flexibility index (Phi) is 6.61. The second-order valence-corrected chi connectivity index (χ2v) is 9.43. The number of thiazole rings is 1. The van der Waals surface area contributed by atoms with E-state index in [1.807, 2.05) is 36.4 Å². The number of pyridine rings is 1. The highest BCUT2D eigenvalue weighted by atomic mass is 32.1. The SMILES string of the molecule is O=C(NCCCN1CCOCC1)c1cccc(-c2ccc3nc(NC(=O)C4CC4)sc3n2)c1. The molecular formula is C24H27N5O3S. The van der Waals surface area contributed by atoms with E-state index in [-0.39, 0.29) is 17.7 Å². The first-order valence-corrected chi connectivity index (χ1v) is 12.2. The van der Waals surface area contributed by atoms with Crippen molar-refractivity contribution in [1.29, 1.82) is 0 Å². The van der Waals surface area contributed by atoms with E-state index < -0.39 is 0 Å². The maximum atomic E-state index is 12.6. The normalized spacial score (nSPS) is 16.6. The number of hydrogen-bond acceptors (Lipinski definition) is 7. The molecule has 8 nitrogen and oxygen atoms in total. The van der Waals surface area contributed by atoms with Crippen LogP contribution in [-0.2, 0) is 9.53 Å². The van der Waals surface area contributed by atoms with E-state index in [4.69, 9.17) is 9.72 Å². The number of carbonyl (C=O) groups is 2. The minimum Gasteiger partial charge on any atom is -0.379 e. The highest BCUT2D eigenvalue weighted by Crippen LogP contribution is 2.32. The Labute approximate surface area is 196 Å². The summed E-state index contributed by atoms with van der Waals surface area (Å²) in [6, 6.07) is 11.3. The average Bonchev–Trinajstić information content (AvgIpc) is 3.62. The predicted octanol–water partition coefficient (Wildman–Crippen LogP) is 3.16. The number of fused-ring (bicyclic) bond motifs is 1. The minimum absolute atomic E-state index is 0.0398. The first kappa shape index (κ1) is 21.9. The van der Waals surface area contributed by atoms with Crippen LogP contribution in [0.5, 0.6) is 0 Å². The zero-order valence-electron chi connectivity index (χ0n) is 18.4. The van der Waals surface area contributed by atoms with Crippen LogP contribution in [0.3, 0.4) is 0 Å². The summed E-state index contributed by atoms with van der Waals surface area (Å²) in [6.07, 6.45) is 2.82. The molecule has 1 aromatic carbocycles. The van der Waals surface area contributed by atoms with E-state index in [9.17, 15) is 9.59 Å². The minimum atomic E-state index is -0.0808. The fraction of sp³-hybridized carbons (Fsp3) is 0.417. The molecule has 172 valence electrons. The van der Waals surface area contributed by atoms with E-state index in [1.54, 1.807) is 0 Å². The zero-order chi connectivity index (χ0) is 22.6. The van der Waals surface area contributed by atoms with Gasteiger partial charge >= 0.3 is 0 Å². The van der Waals surface area contributed by atoms with E-state index in [2.05, 4.69) is 20.5 Å². The molecule has 3 heterocycles. The average molecular weight is 466 g/mol. The molecule has 2 fully saturated rings. The molecule has 1 saturated heterocycles. The van der Waals surface area contributed by atoms with Crippen LogP contribution in [0.25, 0.3) is 21.6 Å². The highest BCUT2D eigenvalue weighted by molar-refractivity contribution is 7.22. The van der Waals surface area contributed by atoms with Gasteiger partial charge in [0.2, 0.25) is 5.91 Å². The van der Waals surface area contributed by atoms with Gasteiger partial charge in [-0.15, -0.1) is 0 Å². The number of benzene rings is 1. The summed E-state index contributed by atoms with van der Waals surface area (Å²) in [6.45, 7) is 5.10. The van der Waals surface area contributed by atoms with Crippen LogP contribution in [-0.4, -0.2) is 66.1 Å². The van der Waals surface area contributed by atoms with Gasteiger partial charge in [-0.2, -0.15) is 0 Å².